The average molecular weight is 258 g/mol. The minimum atomic E-state index is 0.763. The number of benzene rings is 2. The number of ether oxygens (including phenoxy) is 1. The molecule has 102 valence electrons. The molecular weight excluding hydrogens is 236 g/mol. The number of nitrogens with one attached hydrogen (secondary N) is 1. The van der Waals surface area contributed by atoms with Crippen LogP contribution in [-0.2, 0) is 6.54 Å². The summed E-state index contributed by atoms with van der Waals surface area (Å²) in [7, 11) is 1.72. The SMILES string of the molecule is COc1ccc2ccccc2c1CNCCCCN. The average Bonchev–Trinajstić information content (AvgIpc) is 2.47. The Labute approximate surface area is 114 Å². The van der Waals surface area contributed by atoms with E-state index in [-0.39, 0.29) is 0 Å². The maximum atomic E-state index is 5.49. The van der Waals surface area contributed by atoms with Gasteiger partial charge in [-0.15, -0.1) is 0 Å². The minimum Gasteiger partial charge on any atom is -0.496 e. The summed E-state index contributed by atoms with van der Waals surface area (Å²) in [5, 5.41) is 5.98. The summed E-state index contributed by atoms with van der Waals surface area (Å²) in [5.74, 6) is 0.949. The van der Waals surface area contributed by atoms with Crippen molar-refractivity contribution in [2.24, 2.45) is 5.73 Å². The summed E-state index contributed by atoms with van der Waals surface area (Å²) in [6.07, 6.45) is 2.18. The Bertz CT molecular complexity index is 525. The van der Waals surface area contributed by atoms with Crippen LogP contribution in [0.3, 0.4) is 0 Å². The van der Waals surface area contributed by atoms with Gasteiger partial charge in [0, 0.05) is 12.1 Å². The molecule has 0 unspecified atom stereocenters. The topological polar surface area (TPSA) is 47.3 Å². The van der Waals surface area contributed by atoms with Crippen LogP contribution in [0.2, 0.25) is 0 Å². The van der Waals surface area contributed by atoms with Gasteiger partial charge >= 0.3 is 0 Å². The Balaban J connectivity index is 2.14. The number of fused-ring (bicyclic) bond motifs is 1. The van der Waals surface area contributed by atoms with E-state index >= 15 is 0 Å². The first kappa shape index (κ1) is 13.8. The van der Waals surface area contributed by atoms with Gasteiger partial charge < -0.3 is 15.8 Å². The van der Waals surface area contributed by atoms with Crippen LogP contribution in [0.1, 0.15) is 18.4 Å². The van der Waals surface area contributed by atoms with Crippen molar-refractivity contribution >= 4 is 10.8 Å². The van der Waals surface area contributed by atoms with E-state index in [4.69, 9.17) is 10.5 Å². The van der Waals surface area contributed by atoms with Crippen LogP contribution in [0, 0.1) is 0 Å². The molecule has 0 aliphatic carbocycles. The Kier molecular flexibility index (Phi) is 5.19. The molecule has 0 fully saturated rings. The summed E-state index contributed by atoms with van der Waals surface area (Å²) in [5.41, 5.74) is 6.72. The molecule has 0 amide bonds. The molecule has 0 bridgehead atoms. The molecular formula is C16H22N2O. The molecule has 0 aromatic heterocycles. The van der Waals surface area contributed by atoms with Crippen LogP contribution in [-0.4, -0.2) is 20.2 Å². The number of hydrogen-bond donors (Lipinski definition) is 2. The zero-order chi connectivity index (χ0) is 13.5. The third-order valence-corrected chi connectivity index (χ3v) is 3.33. The van der Waals surface area contributed by atoms with Gasteiger partial charge in [0.25, 0.3) is 0 Å². The van der Waals surface area contributed by atoms with Gasteiger partial charge in [0.2, 0.25) is 0 Å². The smallest absolute Gasteiger partial charge is 0.123 e. The van der Waals surface area contributed by atoms with Gasteiger partial charge in [-0.2, -0.15) is 0 Å². The van der Waals surface area contributed by atoms with E-state index in [1.165, 1.54) is 16.3 Å². The van der Waals surface area contributed by atoms with E-state index in [2.05, 4.69) is 35.6 Å². The molecule has 0 spiro atoms. The predicted octanol–water partition coefficient (Wildman–Crippen LogP) is 2.68. The Morgan fingerprint density at radius 2 is 1.95 bits per heavy atom. The van der Waals surface area contributed by atoms with Gasteiger partial charge in [0.05, 0.1) is 7.11 Å². The number of unbranched alkanes of at least 4 members (excludes halogenated alkanes) is 1. The van der Waals surface area contributed by atoms with Crippen molar-refractivity contribution in [2.75, 3.05) is 20.2 Å². The van der Waals surface area contributed by atoms with Crippen LogP contribution in [0.5, 0.6) is 5.75 Å². The van der Waals surface area contributed by atoms with Crippen LogP contribution in [0.4, 0.5) is 0 Å². The van der Waals surface area contributed by atoms with E-state index in [1.807, 2.05) is 6.07 Å². The molecule has 2 aromatic carbocycles. The first-order chi connectivity index (χ1) is 9.36. The highest BCUT2D eigenvalue weighted by Crippen LogP contribution is 2.27. The molecule has 3 nitrogen and oxygen atoms in total. The van der Waals surface area contributed by atoms with Crippen molar-refractivity contribution in [3.63, 3.8) is 0 Å². The van der Waals surface area contributed by atoms with Gasteiger partial charge in [0.15, 0.2) is 0 Å². The summed E-state index contributed by atoms with van der Waals surface area (Å²) in [4.78, 5) is 0. The van der Waals surface area contributed by atoms with Gasteiger partial charge in [0.1, 0.15) is 5.75 Å². The molecule has 3 N–H and O–H groups in total. The Hall–Kier alpha value is -1.58. The second kappa shape index (κ2) is 7.12. The third kappa shape index (κ3) is 3.46. The van der Waals surface area contributed by atoms with E-state index in [9.17, 15) is 0 Å². The first-order valence-electron chi connectivity index (χ1n) is 6.82. The van der Waals surface area contributed by atoms with Crippen molar-refractivity contribution in [3.8, 4) is 5.75 Å². The van der Waals surface area contributed by atoms with Crippen LogP contribution < -0.4 is 15.8 Å². The summed E-state index contributed by atoms with van der Waals surface area (Å²) >= 11 is 0. The molecule has 2 rings (SSSR count). The monoisotopic (exact) mass is 258 g/mol. The van der Waals surface area contributed by atoms with E-state index in [1.54, 1.807) is 7.11 Å². The van der Waals surface area contributed by atoms with Crippen molar-refractivity contribution in [2.45, 2.75) is 19.4 Å². The first-order valence-corrected chi connectivity index (χ1v) is 6.82. The fourth-order valence-corrected chi connectivity index (χ4v) is 2.30. The predicted molar refractivity (Wildman–Crippen MR) is 80.5 cm³/mol. The zero-order valence-electron chi connectivity index (χ0n) is 11.5. The van der Waals surface area contributed by atoms with Gasteiger partial charge in [-0.1, -0.05) is 30.3 Å². The van der Waals surface area contributed by atoms with Crippen LogP contribution >= 0.6 is 0 Å². The summed E-state index contributed by atoms with van der Waals surface area (Å²) in [6, 6.07) is 12.6. The van der Waals surface area contributed by atoms with Crippen LogP contribution in [0.15, 0.2) is 36.4 Å². The van der Waals surface area contributed by atoms with Crippen molar-refractivity contribution in [1.29, 1.82) is 0 Å². The molecule has 0 aliphatic heterocycles. The minimum absolute atomic E-state index is 0.763. The fraction of sp³-hybridized carbons (Fsp3) is 0.375. The van der Waals surface area contributed by atoms with Crippen molar-refractivity contribution in [3.05, 3.63) is 42.0 Å². The van der Waals surface area contributed by atoms with Crippen molar-refractivity contribution in [1.82, 2.24) is 5.32 Å². The lowest BCUT2D eigenvalue weighted by molar-refractivity contribution is 0.408. The highest BCUT2D eigenvalue weighted by atomic mass is 16.5. The molecule has 2 aromatic rings. The third-order valence-electron chi connectivity index (χ3n) is 3.33. The highest BCUT2D eigenvalue weighted by Gasteiger charge is 2.07. The van der Waals surface area contributed by atoms with E-state index in [0.29, 0.717) is 0 Å². The lowest BCUT2D eigenvalue weighted by Gasteiger charge is -2.13. The maximum absolute atomic E-state index is 5.49. The molecule has 19 heavy (non-hydrogen) atoms. The maximum Gasteiger partial charge on any atom is 0.123 e. The van der Waals surface area contributed by atoms with Crippen LogP contribution in [0.25, 0.3) is 10.8 Å². The van der Waals surface area contributed by atoms with E-state index in [0.717, 1.165) is 38.2 Å². The number of nitrogens with two attached hydrogens (primary N) is 1. The van der Waals surface area contributed by atoms with E-state index < -0.39 is 0 Å². The Morgan fingerprint density at radius 3 is 2.74 bits per heavy atom. The molecule has 0 aliphatic rings. The lowest BCUT2D eigenvalue weighted by Crippen LogP contribution is -2.16. The number of rotatable bonds is 7. The lowest BCUT2D eigenvalue weighted by atomic mass is 10.0. The summed E-state index contributed by atoms with van der Waals surface area (Å²) < 4.78 is 5.47. The van der Waals surface area contributed by atoms with Gasteiger partial charge in [-0.05, 0) is 42.8 Å². The second-order valence-electron chi connectivity index (χ2n) is 4.64. The molecule has 0 saturated carbocycles. The number of methoxy groups -OCH3 is 1. The molecule has 0 heterocycles. The van der Waals surface area contributed by atoms with Gasteiger partial charge in [-0.3, -0.25) is 0 Å². The molecule has 0 atom stereocenters. The highest BCUT2D eigenvalue weighted by molar-refractivity contribution is 5.87. The van der Waals surface area contributed by atoms with Crippen molar-refractivity contribution < 1.29 is 4.74 Å². The fourth-order valence-electron chi connectivity index (χ4n) is 2.30. The molecule has 0 radical (unpaired) electrons. The largest absolute Gasteiger partial charge is 0.496 e. The number of hydrogen-bond acceptors (Lipinski definition) is 3. The molecule has 3 heteroatoms. The second-order valence-corrected chi connectivity index (χ2v) is 4.64. The van der Waals surface area contributed by atoms with Gasteiger partial charge in [-0.25, -0.2) is 0 Å². The quantitative estimate of drug-likeness (QED) is 0.751. The Morgan fingerprint density at radius 1 is 1.11 bits per heavy atom. The normalized spacial score (nSPS) is 10.8. The zero-order valence-corrected chi connectivity index (χ0v) is 11.5. The summed E-state index contributed by atoms with van der Waals surface area (Å²) in [6.45, 7) is 2.58. The standard InChI is InChI=1S/C16H22N2O/c1-19-16-9-8-13-6-2-3-7-14(13)15(16)12-18-11-5-4-10-17/h2-3,6-9,18H,4-5,10-12,17H2,1H3. The molecule has 0 saturated heterocycles.